The molecule has 0 aromatic rings. The summed E-state index contributed by atoms with van der Waals surface area (Å²) < 4.78 is 20.9. The van der Waals surface area contributed by atoms with Gasteiger partial charge in [0.05, 0.1) is 0 Å². The van der Waals surface area contributed by atoms with Crippen LogP contribution in [0.5, 0.6) is 0 Å². The summed E-state index contributed by atoms with van der Waals surface area (Å²) in [7, 11) is -4.13. The smallest absolute Gasteiger partial charge is 0.181 e. The van der Waals surface area contributed by atoms with Crippen LogP contribution in [0.15, 0.2) is 0 Å². The molecule has 0 saturated carbocycles. The molecule has 3 nitrogen and oxygen atoms in total. The van der Waals surface area contributed by atoms with Crippen LogP contribution in [0.25, 0.3) is 0 Å². The van der Waals surface area contributed by atoms with Crippen molar-refractivity contribution in [1.82, 2.24) is 0 Å². The fraction of sp³-hybridized carbons (Fsp3) is 1.00. The van der Waals surface area contributed by atoms with Gasteiger partial charge in [-0.3, -0.25) is 0 Å². The van der Waals surface area contributed by atoms with Crippen molar-refractivity contribution in [2.45, 2.75) is 26.2 Å². The van der Waals surface area contributed by atoms with Crippen LogP contribution in [0.1, 0.15) is 0 Å². The van der Waals surface area contributed by atoms with Gasteiger partial charge in [0, 0.05) is 4.57 Å². The fourth-order valence-corrected chi connectivity index (χ4v) is 3.77. The molecule has 0 N–H and O–H groups in total. The van der Waals surface area contributed by atoms with Crippen LogP contribution < -0.4 is 0 Å². The predicted octanol–water partition coefficient (Wildman–Crippen LogP) is 1.64. The van der Waals surface area contributed by atoms with Crippen molar-refractivity contribution >= 4 is 26.3 Å². The van der Waals surface area contributed by atoms with Gasteiger partial charge in [-0.05, 0) is 26.2 Å². The first-order chi connectivity index (χ1) is 4.52. The minimum absolute atomic E-state index is 1.17. The average molecular weight is 197 g/mol. The lowest BCUT2D eigenvalue weighted by Gasteiger charge is -1.93. The summed E-state index contributed by atoms with van der Waals surface area (Å²) in [6.45, 7) is 7.88. The molecule has 0 amide bonds. The van der Waals surface area contributed by atoms with Crippen LogP contribution in [0.4, 0.5) is 0 Å². The summed E-state index contributed by atoms with van der Waals surface area (Å²) in [6.07, 6.45) is 0. The summed E-state index contributed by atoms with van der Waals surface area (Å²) >= 11 is 0. The van der Waals surface area contributed by atoms with E-state index >= 15 is 0 Å². The molecule has 0 atom stereocenters. The summed E-state index contributed by atoms with van der Waals surface area (Å²) in [5.41, 5.74) is 0. The van der Waals surface area contributed by atoms with Crippen molar-refractivity contribution in [2.24, 2.45) is 0 Å². The maximum absolute atomic E-state index is 10.8. The molecule has 0 heterocycles. The lowest BCUT2D eigenvalue weighted by molar-refractivity contribution is 0.426. The van der Waals surface area contributed by atoms with Crippen molar-refractivity contribution < 1.29 is 13.0 Å². The molecule has 60 valence electrons. The van der Waals surface area contributed by atoms with Crippen molar-refractivity contribution in [3.63, 3.8) is 0 Å². The Labute approximate surface area is 66.1 Å². The van der Waals surface area contributed by atoms with E-state index in [1.54, 1.807) is 0 Å². The van der Waals surface area contributed by atoms with E-state index in [-0.39, 0.29) is 0 Å². The van der Waals surface area contributed by atoms with Gasteiger partial charge >= 0.3 is 8.25 Å². The van der Waals surface area contributed by atoms with E-state index in [0.717, 1.165) is 0 Å². The normalized spacial score (nSPS) is 11.0. The van der Waals surface area contributed by atoms with E-state index in [1.807, 2.05) is 26.2 Å². The maximum atomic E-state index is 10.8. The molecule has 0 aromatic carbocycles. The average Bonchev–Trinajstić information content (AvgIpc) is 1.58. The van der Waals surface area contributed by atoms with Crippen molar-refractivity contribution in [3.8, 4) is 0 Å². The van der Waals surface area contributed by atoms with Crippen molar-refractivity contribution in [3.05, 3.63) is 0 Å². The second kappa shape index (κ2) is 5.15. The topological polar surface area (TPSA) is 35.5 Å². The molecule has 0 fully saturated rings. The first-order valence-electron chi connectivity index (χ1n) is 3.33. The molecular weight excluding hydrogens is 183 g/mol. The number of hydrogen-bond acceptors (Lipinski definition) is 3. The van der Waals surface area contributed by atoms with Crippen molar-refractivity contribution in [1.29, 1.82) is 0 Å². The molecule has 6 heteroatoms. The van der Waals surface area contributed by atoms with Gasteiger partial charge in [-0.1, -0.05) is 0 Å². The second-order valence-corrected chi connectivity index (χ2v) is 8.86. The standard InChI is InChI=1S/C4H14O3PSi2/c1-9(2)6-8(5)7-10(3)4/h9-10H,1-4H3/q+1. The lowest BCUT2D eigenvalue weighted by Crippen LogP contribution is -2.06. The molecule has 0 aliphatic carbocycles. The van der Waals surface area contributed by atoms with E-state index in [1.165, 1.54) is 0 Å². The highest BCUT2D eigenvalue weighted by Crippen LogP contribution is 2.25. The molecular formula is C4H14O3PSi2+. The predicted molar refractivity (Wildman–Crippen MR) is 47.5 cm³/mol. The monoisotopic (exact) mass is 197 g/mol. The Morgan fingerprint density at radius 1 is 1.00 bits per heavy atom. The fourth-order valence-electron chi connectivity index (χ4n) is 0.369. The highest BCUT2D eigenvalue weighted by Gasteiger charge is 2.23. The van der Waals surface area contributed by atoms with Gasteiger partial charge in [-0.15, -0.1) is 0 Å². The second-order valence-electron chi connectivity index (χ2n) is 2.53. The van der Waals surface area contributed by atoms with Crippen LogP contribution in [-0.2, 0) is 13.0 Å². The Hall–Kier alpha value is 0.454. The Kier molecular flexibility index (Phi) is 5.38. The first kappa shape index (κ1) is 10.5. The summed E-state index contributed by atoms with van der Waals surface area (Å²) in [6, 6.07) is 0. The Balaban J connectivity index is 3.44. The van der Waals surface area contributed by atoms with Crippen LogP contribution >= 0.6 is 8.25 Å². The summed E-state index contributed by atoms with van der Waals surface area (Å²) in [5, 5.41) is 0. The van der Waals surface area contributed by atoms with Crippen LogP contribution in [0.2, 0.25) is 26.2 Å². The molecule has 0 saturated heterocycles. The zero-order valence-corrected chi connectivity index (χ0v) is 10.0. The third-order valence-corrected chi connectivity index (χ3v) is 5.34. The summed E-state index contributed by atoms with van der Waals surface area (Å²) in [4.78, 5) is 0. The Bertz CT molecular complexity index is 105. The van der Waals surface area contributed by atoms with Crippen molar-refractivity contribution in [2.75, 3.05) is 0 Å². The van der Waals surface area contributed by atoms with Crippen LogP contribution in [-0.4, -0.2) is 18.1 Å². The van der Waals surface area contributed by atoms with Crippen LogP contribution in [0, 0.1) is 0 Å². The molecule has 0 radical (unpaired) electrons. The highest BCUT2D eigenvalue weighted by atomic mass is 31.1. The molecule has 0 rings (SSSR count). The maximum Gasteiger partial charge on any atom is 0.672 e. The van der Waals surface area contributed by atoms with Gasteiger partial charge in [0.2, 0.25) is 18.1 Å². The van der Waals surface area contributed by atoms with E-state index < -0.39 is 26.3 Å². The van der Waals surface area contributed by atoms with E-state index in [0.29, 0.717) is 0 Å². The zero-order valence-electron chi connectivity index (χ0n) is 6.83. The minimum Gasteiger partial charge on any atom is -0.181 e. The summed E-state index contributed by atoms with van der Waals surface area (Å²) in [5.74, 6) is 0. The van der Waals surface area contributed by atoms with Gasteiger partial charge in [0.25, 0.3) is 0 Å². The lowest BCUT2D eigenvalue weighted by atomic mass is 11.9. The first-order valence-corrected chi connectivity index (χ1v) is 9.99. The Morgan fingerprint density at radius 2 is 1.30 bits per heavy atom. The molecule has 0 spiro atoms. The van der Waals surface area contributed by atoms with Gasteiger partial charge < -0.3 is 0 Å². The van der Waals surface area contributed by atoms with E-state index in [4.69, 9.17) is 8.43 Å². The number of rotatable bonds is 4. The highest BCUT2D eigenvalue weighted by molar-refractivity contribution is 7.36. The molecule has 0 aromatic heterocycles. The Morgan fingerprint density at radius 3 is 1.50 bits per heavy atom. The molecule has 0 bridgehead atoms. The van der Waals surface area contributed by atoms with Crippen LogP contribution in [0.3, 0.4) is 0 Å². The quantitative estimate of drug-likeness (QED) is 0.508. The third kappa shape index (κ3) is 6.57. The van der Waals surface area contributed by atoms with Gasteiger partial charge in [0.1, 0.15) is 0 Å². The van der Waals surface area contributed by atoms with Gasteiger partial charge in [0.15, 0.2) is 0 Å². The third-order valence-electron chi connectivity index (χ3n) is 0.594. The number of hydrogen-bond donors (Lipinski definition) is 0. The van der Waals surface area contributed by atoms with E-state index in [2.05, 4.69) is 0 Å². The molecule has 0 aliphatic heterocycles. The molecule has 0 unspecified atom stereocenters. The zero-order chi connectivity index (χ0) is 8.15. The minimum atomic E-state index is -1.79. The van der Waals surface area contributed by atoms with Gasteiger partial charge in [-0.25, -0.2) is 0 Å². The largest absolute Gasteiger partial charge is 0.672 e. The molecule has 10 heavy (non-hydrogen) atoms. The van der Waals surface area contributed by atoms with E-state index in [9.17, 15) is 4.57 Å². The van der Waals surface area contributed by atoms with Gasteiger partial charge in [-0.2, -0.15) is 8.43 Å². The molecule has 0 aliphatic rings. The SMILES string of the molecule is C[SiH](C)O[P+](=O)O[SiH](C)C.